The van der Waals surface area contributed by atoms with Crippen molar-refractivity contribution >= 4 is 27.2 Å². The van der Waals surface area contributed by atoms with Gasteiger partial charge in [0.15, 0.2) is 15.6 Å². The maximum absolute atomic E-state index is 12.0. The maximum atomic E-state index is 12.0. The summed E-state index contributed by atoms with van der Waals surface area (Å²) in [6.45, 7) is 3.18. The van der Waals surface area contributed by atoms with E-state index in [1.54, 1.807) is 31.2 Å². The molecule has 1 aliphatic rings. The first-order valence-electron chi connectivity index (χ1n) is 7.06. The fourth-order valence-electron chi connectivity index (χ4n) is 2.61. The van der Waals surface area contributed by atoms with Crippen LogP contribution < -0.4 is 10.6 Å². The molecular weight excluding hydrogens is 304 g/mol. The number of ketones is 1. The molecule has 22 heavy (non-hydrogen) atoms. The van der Waals surface area contributed by atoms with Crippen LogP contribution in [-0.4, -0.2) is 43.7 Å². The number of amides is 1. The highest BCUT2D eigenvalue weighted by Crippen LogP contribution is 2.22. The van der Waals surface area contributed by atoms with E-state index in [2.05, 4.69) is 10.6 Å². The van der Waals surface area contributed by atoms with Crippen molar-refractivity contribution in [2.75, 3.05) is 23.4 Å². The van der Waals surface area contributed by atoms with Crippen molar-refractivity contribution in [2.24, 2.45) is 0 Å². The molecule has 1 amide bonds. The van der Waals surface area contributed by atoms with Gasteiger partial charge in [0.25, 0.3) is 0 Å². The lowest BCUT2D eigenvalue weighted by molar-refractivity contribution is -0.120. The molecule has 1 aromatic carbocycles. The highest BCUT2D eigenvalue weighted by Gasteiger charge is 2.39. The molecule has 0 spiro atoms. The van der Waals surface area contributed by atoms with Gasteiger partial charge in [0.05, 0.1) is 23.6 Å². The number of para-hydroxylation sites is 1. The number of carbonyl (C=O) groups excluding carboxylic acids is 2. The Labute approximate surface area is 130 Å². The summed E-state index contributed by atoms with van der Waals surface area (Å²) in [5.74, 6) is -0.310. The lowest BCUT2D eigenvalue weighted by Crippen LogP contribution is -2.48. The van der Waals surface area contributed by atoms with Crippen LogP contribution in [0.15, 0.2) is 24.3 Å². The Kier molecular flexibility index (Phi) is 4.55. The van der Waals surface area contributed by atoms with E-state index in [4.69, 9.17) is 0 Å². The van der Waals surface area contributed by atoms with Crippen LogP contribution in [0.5, 0.6) is 0 Å². The first kappa shape index (κ1) is 16.5. The van der Waals surface area contributed by atoms with Crippen LogP contribution in [0.4, 0.5) is 5.69 Å². The second-order valence-corrected chi connectivity index (χ2v) is 8.09. The average molecular weight is 324 g/mol. The van der Waals surface area contributed by atoms with Crippen LogP contribution in [0.25, 0.3) is 0 Å². The topological polar surface area (TPSA) is 92.3 Å². The molecule has 0 radical (unpaired) electrons. The summed E-state index contributed by atoms with van der Waals surface area (Å²) in [6, 6.07) is 6.95. The molecule has 1 saturated heterocycles. The Morgan fingerprint density at radius 2 is 1.95 bits per heavy atom. The lowest BCUT2D eigenvalue weighted by atomic mass is 10.0. The molecule has 1 aliphatic heterocycles. The van der Waals surface area contributed by atoms with E-state index in [-0.39, 0.29) is 29.7 Å². The second-order valence-electron chi connectivity index (χ2n) is 5.91. The van der Waals surface area contributed by atoms with Crippen molar-refractivity contribution < 1.29 is 18.0 Å². The van der Waals surface area contributed by atoms with Gasteiger partial charge >= 0.3 is 0 Å². The molecule has 2 N–H and O–H groups in total. The third-order valence-electron chi connectivity index (χ3n) is 3.69. The molecule has 1 fully saturated rings. The molecule has 120 valence electrons. The van der Waals surface area contributed by atoms with Crippen LogP contribution in [0, 0.1) is 0 Å². The zero-order valence-corrected chi connectivity index (χ0v) is 13.5. The predicted octanol–water partition coefficient (Wildman–Crippen LogP) is 0.994. The van der Waals surface area contributed by atoms with Gasteiger partial charge in [-0.1, -0.05) is 12.1 Å². The molecule has 0 bridgehead atoms. The Morgan fingerprint density at radius 3 is 2.55 bits per heavy atom. The number of carbonyl (C=O) groups is 2. The highest BCUT2D eigenvalue weighted by molar-refractivity contribution is 7.91. The summed E-state index contributed by atoms with van der Waals surface area (Å²) in [4.78, 5) is 23.5. The van der Waals surface area contributed by atoms with Gasteiger partial charge in [-0.15, -0.1) is 0 Å². The van der Waals surface area contributed by atoms with Crippen LogP contribution >= 0.6 is 0 Å². The van der Waals surface area contributed by atoms with E-state index < -0.39 is 15.4 Å². The smallest absolute Gasteiger partial charge is 0.239 e. The summed E-state index contributed by atoms with van der Waals surface area (Å²) in [5.41, 5.74) is 0.400. The van der Waals surface area contributed by atoms with Gasteiger partial charge in [-0.05, 0) is 32.4 Å². The number of anilines is 1. The van der Waals surface area contributed by atoms with Crippen LogP contribution in [-0.2, 0) is 14.6 Å². The molecule has 1 atom stereocenters. The minimum absolute atomic E-state index is 0.0140. The van der Waals surface area contributed by atoms with Crippen molar-refractivity contribution in [3.8, 4) is 0 Å². The Bertz CT molecular complexity index is 699. The summed E-state index contributed by atoms with van der Waals surface area (Å²) in [5, 5.41) is 5.69. The Morgan fingerprint density at radius 1 is 1.27 bits per heavy atom. The average Bonchev–Trinajstić information content (AvgIpc) is 2.70. The molecule has 1 heterocycles. The van der Waals surface area contributed by atoms with E-state index in [0.29, 0.717) is 17.7 Å². The summed E-state index contributed by atoms with van der Waals surface area (Å²) in [6.07, 6.45) is 0.422. The first-order chi connectivity index (χ1) is 10.2. The number of Topliss-reactive ketones (excluding diaryl/α,β-unsaturated/α-hetero) is 1. The molecular formula is C15H20N2O4S. The molecule has 7 heteroatoms. The number of hydrogen-bond donors (Lipinski definition) is 2. The molecule has 0 aromatic heterocycles. The lowest BCUT2D eigenvalue weighted by Gasteiger charge is -2.24. The first-order valence-corrected chi connectivity index (χ1v) is 8.88. The van der Waals surface area contributed by atoms with E-state index in [1.165, 1.54) is 6.92 Å². The van der Waals surface area contributed by atoms with Crippen molar-refractivity contribution in [2.45, 2.75) is 25.8 Å². The molecule has 1 unspecified atom stereocenters. The maximum Gasteiger partial charge on any atom is 0.239 e. The number of sulfone groups is 1. The van der Waals surface area contributed by atoms with E-state index in [9.17, 15) is 18.0 Å². The molecule has 2 rings (SSSR count). The normalized spacial score (nSPS) is 23.0. The fraction of sp³-hybridized carbons (Fsp3) is 0.467. The zero-order valence-electron chi connectivity index (χ0n) is 12.7. The van der Waals surface area contributed by atoms with Gasteiger partial charge in [0.2, 0.25) is 5.91 Å². The SMILES string of the molecule is CC(=O)c1ccccc1NCC(=O)NC1(C)CCS(=O)(=O)C1. The standard InChI is InChI=1S/C15H20N2O4S/c1-11(18)12-5-3-4-6-13(12)16-9-14(19)17-15(2)7-8-22(20,21)10-15/h3-6,16H,7-10H2,1-2H3,(H,17,19). The van der Waals surface area contributed by atoms with E-state index in [0.717, 1.165) is 0 Å². The van der Waals surface area contributed by atoms with Gasteiger partial charge < -0.3 is 10.6 Å². The molecule has 6 nitrogen and oxygen atoms in total. The number of rotatable bonds is 5. The summed E-state index contributed by atoms with van der Waals surface area (Å²) in [7, 11) is -3.06. The predicted molar refractivity (Wildman–Crippen MR) is 84.8 cm³/mol. The number of hydrogen-bond acceptors (Lipinski definition) is 5. The Balaban J connectivity index is 1.96. The largest absolute Gasteiger partial charge is 0.376 e. The molecule has 0 saturated carbocycles. The minimum atomic E-state index is -3.06. The van der Waals surface area contributed by atoms with Gasteiger partial charge in [0, 0.05) is 11.3 Å². The van der Waals surface area contributed by atoms with Crippen molar-refractivity contribution in [1.29, 1.82) is 0 Å². The van der Waals surface area contributed by atoms with Gasteiger partial charge in [-0.3, -0.25) is 9.59 Å². The van der Waals surface area contributed by atoms with Gasteiger partial charge in [-0.2, -0.15) is 0 Å². The van der Waals surface area contributed by atoms with Crippen molar-refractivity contribution in [3.63, 3.8) is 0 Å². The third kappa shape index (κ3) is 4.07. The van der Waals surface area contributed by atoms with E-state index in [1.807, 2.05) is 0 Å². The molecule has 0 aliphatic carbocycles. The van der Waals surface area contributed by atoms with E-state index >= 15 is 0 Å². The summed E-state index contributed by atoms with van der Waals surface area (Å²) >= 11 is 0. The van der Waals surface area contributed by atoms with Crippen LogP contribution in [0.1, 0.15) is 30.6 Å². The zero-order chi connectivity index (χ0) is 16.4. The van der Waals surface area contributed by atoms with Crippen molar-refractivity contribution in [3.05, 3.63) is 29.8 Å². The fourth-order valence-corrected chi connectivity index (χ4v) is 4.70. The third-order valence-corrected chi connectivity index (χ3v) is 5.59. The second kappa shape index (κ2) is 6.08. The summed E-state index contributed by atoms with van der Waals surface area (Å²) < 4.78 is 23.0. The Hall–Kier alpha value is -1.89. The number of benzene rings is 1. The van der Waals surface area contributed by atoms with Crippen molar-refractivity contribution in [1.82, 2.24) is 5.32 Å². The monoisotopic (exact) mass is 324 g/mol. The van der Waals surface area contributed by atoms with Gasteiger partial charge in [-0.25, -0.2) is 8.42 Å². The van der Waals surface area contributed by atoms with Crippen LogP contribution in [0.2, 0.25) is 0 Å². The van der Waals surface area contributed by atoms with Crippen LogP contribution in [0.3, 0.4) is 0 Å². The molecule has 1 aromatic rings. The minimum Gasteiger partial charge on any atom is -0.376 e. The quantitative estimate of drug-likeness (QED) is 0.788. The van der Waals surface area contributed by atoms with Gasteiger partial charge in [0.1, 0.15) is 0 Å². The highest BCUT2D eigenvalue weighted by atomic mass is 32.2. The number of nitrogens with one attached hydrogen (secondary N) is 2.